The minimum absolute atomic E-state index is 0.136. The summed E-state index contributed by atoms with van der Waals surface area (Å²) in [4.78, 5) is 17.1. The van der Waals surface area contributed by atoms with Gasteiger partial charge in [-0.25, -0.2) is 9.37 Å². The standard InChI is InChI=1S/C23H19ClFN3O/c24-17-5-3-4-16(14-17)15-22-27-20-6-1-2-7-21(20)28(22)13-12-23(29)26-19-10-8-18(25)9-11-19/h1-11,14H,12-13,15H2,(H,26,29). The van der Waals surface area contributed by atoms with Gasteiger partial charge in [0.05, 0.1) is 11.0 Å². The molecule has 0 saturated carbocycles. The van der Waals surface area contributed by atoms with Crippen LogP contribution >= 0.6 is 11.6 Å². The van der Waals surface area contributed by atoms with Crippen LogP contribution in [0.1, 0.15) is 17.8 Å². The van der Waals surface area contributed by atoms with E-state index in [0.29, 0.717) is 23.7 Å². The first kappa shape index (κ1) is 19.2. The molecular formula is C23H19ClFN3O. The molecule has 0 unspecified atom stereocenters. The van der Waals surface area contributed by atoms with E-state index in [1.54, 1.807) is 12.1 Å². The van der Waals surface area contributed by atoms with Crippen molar-refractivity contribution in [1.82, 2.24) is 9.55 Å². The summed E-state index contributed by atoms with van der Waals surface area (Å²) in [6.45, 7) is 0.490. The van der Waals surface area contributed by atoms with Crippen molar-refractivity contribution in [3.8, 4) is 0 Å². The van der Waals surface area contributed by atoms with Crippen LogP contribution in [0.15, 0.2) is 72.8 Å². The van der Waals surface area contributed by atoms with Crippen LogP contribution in [0.4, 0.5) is 10.1 Å². The first-order valence-corrected chi connectivity index (χ1v) is 9.70. The van der Waals surface area contributed by atoms with Crippen LogP contribution in [0.2, 0.25) is 5.02 Å². The second-order valence-corrected chi connectivity index (χ2v) is 7.22. The summed E-state index contributed by atoms with van der Waals surface area (Å²) in [5, 5.41) is 3.48. The van der Waals surface area contributed by atoms with Gasteiger partial charge in [-0.2, -0.15) is 0 Å². The molecule has 1 N–H and O–H groups in total. The number of nitrogens with zero attached hydrogens (tertiary/aromatic N) is 2. The van der Waals surface area contributed by atoms with Crippen LogP contribution in [-0.4, -0.2) is 15.5 Å². The van der Waals surface area contributed by atoms with E-state index >= 15 is 0 Å². The predicted octanol–water partition coefficient (Wildman–Crippen LogP) is 5.45. The molecule has 0 spiro atoms. The van der Waals surface area contributed by atoms with Gasteiger partial charge in [0.25, 0.3) is 0 Å². The third-order valence-electron chi connectivity index (χ3n) is 4.68. The van der Waals surface area contributed by atoms with Crippen molar-refractivity contribution < 1.29 is 9.18 Å². The molecular weight excluding hydrogens is 389 g/mol. The lowest BCUT2D eigenvalue weighted by Gasteiger charge is -2.10. The van der Waals surface area contributed by atoms with Crippen molar-refractivity contribution >= 4 is 34.2 Å². The van der Waals surface area contributed by atoms with Gasteiger partial charge in [-0.1, -0.05) is 35.9 Å². The number of carbonyl (C=O) groups excluding carboxylic acids is 1. The van der Waals surface area contributed by atoms with E-state index in [-0.39, 0.29) is 18.1 Å². The number of halogens is 2. The van der Waals surface area contributed by atoms with Crippen LogP contribution in [0.3, 0.4) is 0 Å². The molecule has 0 fully saturated rings. The molecule has 1 heterocycles. The topological polar surface area (TPSA) is 46.9 Å². The fraction of sp³-hybridized carbons (Fsp3) is 0.130. The van der Waals surface area contributed by atoms with E-state index in [1.165, 1.54) is 12.1 Å². The molecule has 0 radical (unpaired) electrons. The van der Waals surface area contributed by atoms with Gasteiger partial charge in [0.1, 0.15) is 11.6 Å². The Morgan fingerprint density at radius 1 is 1.03 bits per heavy atom. The highest BCUT2D eigenvalue weighted by Gasteiger charge is 2.13. The summed E-state index contributed by atoms with van der Waals surface area (Å²) in [6.07, 6.45) is 0.898. The van der Waals surface area contributed by atoms with Crippen LogP contribution in [0.25, 0.3) is 11.0 Å². The average molecular weight is 408 g/mol. The van der Waals surface area contributed by atoms with Crippen LogP contribution < -0.4 is 5.32 Å². The molecule has 1 amide bonds. The quantitative estimate of drug-likeness (QED) is 0.462. The molecule has 0 saturated heterocycles. The number of nitrogens with one attached hydrogen (secondary N) is 1. The van der Waals surface area contributed by atoms with Crippen molar-refractivity contribution in [2.24, 2.45) is 0 Å². The Kier molecular flexibility index (Phi) is 5.58. The van der Waals surface area contributed by atoms with E-state index in [9.17, 15) is 9.18 Å². The first-order chi connectivity index (χ1) is 14.1. The summed E-state index contributed by atoms with van der Waals surface area (Å²) in [7, 11) is 0. The summed E-state index contributed by atoms with van der Waals surface area (Å²) in [5.74, 6) is 0.407. The normalized spacial score (nSPS) is 11.0. The van der Waals surface area contributed by atoms with Crippen LogP contribution in [-0.2, 0) is 17.8 Å². The minimum Gasteiger partial charge on any atom is -0.327 e. The van der Waals surface area contributed by atoms with Gasteiger partial charge in [0.2, 0.25) is 5.91 Å². The van der Waals surface area contributed by atoms with Crippen molar-refractivity contribution in [3.63, 3.8) is 0 Å². The Balaban J connectivity index is 1.53. The maximum Gasteiger partial charge on any atom is 0.226 e. The van der Waals surface area contributed by atoms with Gasteiger partial charge >= 0.3 is 0 Å². The van der Waals surface area contributed by atoms with Gasteiger partial charge < -0.3 is 9.88 Å². The van der Waals surface area contributed by atoms with Crippen LogP contribution in [0.5, 0.6) is 0 Å². The van der Waals surface area contributed by atoms with Gasteiger partial charge in [0.15, 0.2) is 0 Å². The zero-order chi connectivity index (χ0) is 20.2. The first-order valence-electron chi connectivity index (χ1n) is 9.32. The number of benzene rings is 3. The Hall–Kier alpha value is -3.18. The van der Waals surface area contributed by atoms with E-state index in [2.05, 4.69) is 9.88 Å². The average Bonchev–Trinajstić information content (AvgIpc) is 3.05. The Morgan fingerprint density at radius 3 is 2.62 bits per heavy atom. The van der Waals surface area contributed by atoms with E-state index in [1.807, 2.05) is 48.5 Å². The highest BCUT2D eigenvalue weighted by atomic mass is 35.5. The minimum atomic E-state index is -0.335. The molecule has 0 aliphatic rings. The zero-order valence-corrected chi connectivity index (χ0v) is 16.4. The summed E-state index contributed by atoms with van der Waals surface area (Å²) >= 11 is 6.12. The van der Waals surface area contributed by atoms with E-state index < -0.39 is 0 Å². The fourth-order valence-corrected chi connectivity index (χ4v) is 3.52. The molecule has 4 aromatic rings. The lowest BCUT2D eigenvalue weighted by atomic mass is 10.1. The van der Waals surface area contributed by atoms with Crippen molar-refractivity contribution in [2.45, 2.75) is 19.4 Å². The van der Waals surface area contributed by atoms with Gasteiger partial charge in [-0.15, -0.1) is 0 Å². The number of rotatable bonds is 6. The number of carbonyl (C=O) groups is 1. The number of amides is 1. The molecule has 0 bridgehead atoms. The van der Waals surface area contributed by atoms with Crippen molar-refractivity contribution in [3.05, 3.63) is 95.0 Å². The van der Waals surface area contributed by atoms with E-state index in [0.717, 1.165) is 22.4 Å². The maximum atomic E-state index is 13.0. The summed E-state index contributed by atoms with van der Waals surface area (Å²) in [6, 6.07) is 21.3. The molecule has 0 aliphatic heterocycles. The number of anilines is 1. The second-order valence-electron chi connectivity index (χ2n) is 6.78. The molecule has 29 heavy (non-hydrogen) atoms. The van der Waals surface area contributed by atoms with Crippen molar-refractivity contribution in [2.75, 3.05) is 5.32 Å². The Bertz CT molecular complexity index is 1150. The molecule has 4 nitrogen and oxygen atoms in total. The summed E-state index contributed by atoms with van der Waals surface area (Å²) < 4.78 is 15.1. The maximum absolute atomic E-state index is 13.0. The fourth-order valence-electron chi connectivity index (χ4n) is 3.31. The van der Waals surface area contributed by atoms with Gasteiger partial charge in [-0.05, 0) is 54.1 Å². The van der Waals surface area contributed by atoms with E-state index in [4.69, 9.17) is 16.6 Å². The number of aromatic nitrogens is 2. The molecule has 0 aliphatic carbocycles. The molecule has 4 rings (SSSR count). The lowest BCUT2D eigenvalue weighted by molar-refractivity contribution is -0.116. The number of hydrogen-bond donors (Lipinski definition) is 1. The molecule has 6 heteroatoms. The second kappa shape index (κ2) is 8.45. The molecule has 0 atom stereocenters. The predicted molar refractivity (Wildman–Crippen MR) is 114 cm³/mol. The Labute approximate surface area is 173 Å². The van der Waals surface area contributed by atoms with Gasteiger partial charge in [0, 0.05) is 30.1 Å². The Morgan fingerprint density at radius 2 is 1.83 bits per heavy atom. The number of imidazole rings is 1. The molecule has 1 aromatic heterocycles. The lowest BCUT2D eigenvalue weighted by Crippen LogP contribution is -2.15. The van der Waals surface area contributed by atoms with Gasteiger partial charge in [-0.3, -0.25) is 4.79 Å². The smallest absolute Gasteiger partial charge is 0.226 e. The monoisotopic (exact) mass is 407 g/mol. The zero-order valence-electron chi connectivity index (χ0n) is 15.6. The number of hydrogen-bond acceptors (Lipinski definition) is 2. The number of para-hydroxylation sites is 2. The van der Waals surface area contributed by atoms with Crippen molar-refractivity contribution in [1.29, 1.82) is 0 Å². The highest BCUT2D eigenvalue weighted by molar-refractivity contribution is 6.30. The molecule has 3 aromatic carbocycles. The largest absolute Gasteiger partial charge is 0.327 e. The van der Waals surface area contributed by atoms with Crippen LogP contribution in [0, 0.1) is 5.82 Å². The highest BCUT2D eigenvalue weighted by Crippen LogP contribution is 2.21. The summed E-state index contributed by atoms with van der Waals surface area (Å²) in [5.41, 5.74) is 3.51. The SMILES string of the molecule is O=C(CCn1c(Cc2cccc(Cl)c2)nc2ccccc21)Nc1ccc(F)cc1. The molecule has 146 valence electrons. The number of aryl methyl sites for hydroxylation is 1. The third-order valence-corrected chi connectivity index (χ3v) is 4.91. The number of fused-ring (bicyclic) bond motifs is 1. The third kappa shape index (κ3) is 4.63.